The van der Waals surface area contributed by atoms with Gasteiger partial charge < -0.3 is 10.1 Å². The lowest BCUT2D eigenvalue weighted by atomic mass is 10.1. The van der Waals surface area contributed by atoms with Gasteiger partial charge in [0.1, 0.15) is 17.4 Å². The number of benzene rings is 3. The molecule has 4 aromatic rings. The predicted molar refractivity (Wildman–Crippen MR) is 131 cm³/mol. The molecule has 8 heteroatoms. The van der Waals surface area contributed by atoms with Gasteiger partial charge in [0.2, 0.25) is 0 Å². The Hall–Kier alpha value is -2.80. The first kappa shape index (κ1) is 22.4. The van der Waals surface area contributed by atoms with E-state index in [1.807, 2.05) is 60.7 Å². The summed E-state index contributed by atoms with van der Waals surface area (Å²) in [5.41, 5.74) is 2.25. The van der Waals surface area contributed by atoms with Crippen LogP contribution in [0.25, 0.3) is 0 Å². The number of nitrogens with zero attached hydrogens (tertiary/aromatic N) is 2. The van der Waals surface area contributed by atoms with Crippen molar-refractivity contribution in [2.75, 3.05) is 5.32 Å². The summed E-state index contributed by atoms with van der Waals surface area (Å²) in [5.74, 6) is 0.717. The fraction of sp³-hybridized carbons (Fsp3) is 0.0833. The lowest BCUT2D eigenvalue weighted by Crippen LogP contribution is -2.13. The Morgan fingerprint density at radius 2 is 1.78 bits per heavy atom. The normalized spacial score (nSPS) is 10.7. The molecule has 1 amide bonds. The molecule has 0 unspecified atom stereocenters. The molecule has 162 valence electrons. The fourth-order valence-electron chi connectivity index (χ4n) is 3.07. The molecule has 1 aromatic heterocycles. The highest BCUT2D eigenvalue weighted by Crippen LogP contribution is 2.25. The van der Waals surface area contributed by atoms with Crippen molar-refractivity contribution in [1.29, 1.82) is 0 Å². The van der Waals surface area contributed by atoms with E-state index in [0.717, 1.165) is 21.3 Å². The SMILES string of the molecule is O=C(Nc1nn(Cc2ccccc2Cl)cc1Cl)c1cccc(COc2ccccc2Br)c1. The number of ether oxygens (including phenoxy) is 1. The summed E-state index contributed by atoms with van der Waals surface area (Å²) >= 11 is 16.0. The minimum absolute atomic E-state index is 0.290. The van der Waals surface area contributed by atoms with Crippen molar-refractivity contribution in [3.8, 4) is 5.75 Å². The fourth-order valence-corrected chi connectivity index (χ4v) is 3.86. The smallest absolute Gasteiger partial charge is 0.256 e. The summed E-state index contributed by atoms with van der Waals surface area (Å²) in [6.07, 6.45) is 1.66. The van der Waals surface area contributed by atoms with Crippen molar-refractivity contribution in [1.82, 2.24) is 9.78 Å². The van der Waals surface area contributed by atoms with E-state index >= 15 is 0 Å². The lowest BCUT2D eigenvalue weighted by molar-refractivity contribution is 0.102. The molecule has 1 N–H and O–H groups in total. The van der Waals surface area contributed by atoms with Gasteiger partial charge in [-0.25, -0.2) is 0 Å². The molecule has 1 heterocycles. The maximum Gasteiger partial charge on any atom is 0.256 e. The van der Waals surface area contributed by atoms with Crippen LogP contribution in [-0.2, 0) is 13.2 Å². The van der Waals surface area contributed by atoms with E-state index in [1.165, 1.54) is 0 Å². The minimum atomic E-state index is -0.308. The van der Waals surface area contributed by atoms with E-state index in [9.17, 15) is 4.79 Å². The highest BCUT2D eigenvalue weighted by molar-refractivity contribution is 9.10. The van der Waals surface area contributed by atoms with Gasteiger partial charge in [0.15, 0.2) is 5.82 Å². The average Bonchev–Trinajstić information content (AvgIpc) is 3.13. The third kappa shape index (κ3) is 5.51. The van der Waals surface area contributed by atoms with Crippen molar-refractivity contribution in [3.05, 3.63) is 110 Å². The number of amides is 1. The zero-order valence-corrected chi connectivity index (χ0v) is 19.9. The average molecular weight is 531 g/mol. The molecule has 0 saturated heterocycles. The van der Waals surface area contributed by atoms with E-state index in [4.69, 9.17) is 27.9 Å². The van der Waals surface area contributed by atoms with Gasteiger partial charge in [-0.15, -0.1) is 0 Å². The third-order valence-electron chi connectivity index (χ3n) is 4.66. The van der Waals surface area contributed by atoms with Crippen LogP contribution < -0.4 is 10.1 Å². The molecule has 0 atom stereocenters. The number of hydrogen-bond donors (Lipinski definition) is 1. The second-order valence-corrected chi connectivity index (χ2v) is 8.66. The molecular weight excluding hydrogens is 513 g/mol. The standard InChI is InChI=1S/C24H18BrCl2N3O2/c25-19-9-2-4-11-22(19)32-15-16-6-5-8-17(12-16)24(31)28-23-21(27)14-30(29-23)13-18-7-1-3-10-20(18)26/h1-12,14H,13,15H2,(H,28,29,31). The van der Waals surface area contributed by atoms with Gasteiger partial charge >= 0.3 is 0 Å². The van der Waals surface area contributed by atoms with Crippen LogP contribution >= 0.6 is 39.1 Å². The van der Waals surface area contributed by atoms with Crippen LogP contribution in [0.1, 0.15) is 21.5 Å². The molecule has 5 nitrogen and oxygen atoms in total. The van der Waals surface area contributed by atoms with Crippen LogP contribution in [0.4, 0.5) is 5.82 Å². The molecule has 32 heavy (non-hydrogen) atoms. The Labute approximate surface area is 204 Å². The Bertz CT molecular complexity index is 1260. The summed E-state index contributed by atoms with van der Waals surface area (Å²) in [5, 5.41) is 8.15. The number of nitrogens with one attached hydrogen (secondary N) is 1. The molecule has 0 fully saturated rings. The first-order chi connectivity index (χ1) is 15.5. The Morgan fingerprint density at radius 1 is 1.00 bits per heavy atom. The summed E-state index contributed by atoms with van der Waals surface area (Å²) in [4.78, 5) is 12.8. The van der Waals surface area contributed by atoms with Gasteiger partial charge in [0, 0.05) is 16.8 Å². The quantitative estimate of drug-likeness (QED) is 0.285. The zero-order valence-electron chi connectivity index (χ0n) is 16.8. The number of aromatic nitrogens is 2. The van der Waals surface area contributed by atoms with E-state index in [1.54, 1.807) is 23.0 Å². The van der Waals surface area contributed by atoms with Gasteiger partial charge in [-0.1, -0.05) is 65.7 Å². The summed E-state index contributed by atoms with van der Waals surface area (Å²) in [6.45, 7) is 0.772. The molecule has 0 aliphatic carbocycles. The largest absolute Gasteiger partial charge is 0.488 e. The van der Waals surface area contributed by atoms with Gasteiger partial charge in [-0.2, -0.15) is 5.10 Å². The number of carbonyl (C=O) groups is 1. The highest BCUT2D eigenvalue weighted by Gasteiger charge is 2.14. The summed E-state index contributed by atoms with van der Waals surface area (Å²) in [7, 11) is 0. The number of hydrogen-bond acceptors (Lipinski definition) is 3. The number of carbonyl (C=O) groups excluding carboxylic acids is 1. The van der Waals surface area contributed by atoms with Crippen molar-refractivity contribution >= 4 is 50.9 Å². The van der Waals surface area contributed by atoms with Gasteiger partial charge in [-0.3, -0.25) is 9.48 Å². The van der Waals surface area contributed by atoms with Gasteiger partial charge in [0.25, 0.3) is 5.91 Å². The van der Waals surface area contributed by atoms with Crippen molar-refractivity contribution in [2.45, 2.75) is 13.2 Å². The molecule has 0 saturated carbocycles. The van der Waals surface area contributed by atoms with Crippen LogP contribution in [0, 0.1) is 0 Å². The van der Waals surface area contributed by atoms with Crippen LogP contribution in [0.2, 0.25) is 10.0 Å². The second kappa shape index (κ2) is 10.2. The molecule has 0 aliphatic rings. The summed E-state index contributed by atoms with van der Waals surface area (Å²) < 4.78 is 8.35. The van der Waals surface area contributed by atoms with Gasteiger partial charge in [-0.05, 0) is 57.4 Å². The molecular formula is C24H18BrCl2N3O2. The molecule has 4 rings (SSSR count). The lowest BCUT2D eigenvalue weighted by Gasteiger charge is -2.09. The first-order valence-corrected chi connectivity index (χ1v) is 11.3. The topological polar surface area (TPSA) is 56.2 Å². The molecule has 3 aromatic carbocycles. The van der Waals surface area contributed by atoms with E-state index < -0.39 is 0 Å². The van der Waals surface area contributed by atoms with E-state index in [2.05, 4.69) is 26.3 Å². The number of rotatable bonds is 7. The second-order valence-electron chi connectivity index (χ2n) is 6.99. The Morgan fingerprint density at radius 3 is 2.59 bits per heavy atom. The minimum Gasteiger partial charge on any atom is -0.488 e. The van der Waals surface area contributed by atoms with Crippen LogP contribution in [0.5, 0.6) is 5.75 Å². The number of halogens is 3. The van der Waals surface area contributed by atoms with Crippen LogP contribution in [0.3, 0.4) is 0 Å². The maximum atomic E-state index is 12.8. The third-order valence-corrected chi connectivity index (χ3v) is 5.96. The van der Waals surface area contributed by atoms with Crippen molar-refractivity contribution in [3.63, 3.8) is 0 Å². The van der Waals surface area contributed by atoms with Crippen LogP contribution in [0.15, 0.2) is 83.5 Å². The monoisotopic (exact) mass is 529 g/mol. The summed E-state index contributed by atoms with van der Waals surface area (Å²) in [6, 6.07) is 22.3. The highest BCUT2D eigenvalue weighted by atomic mass is 79.9. The van der Waals surface area contributed by atoms with E-state index in [-0.39, 0.29) is 5.91 Å². The molecule has 0 aliphatic heterocycles. The number of anilines is 1. The maximum absolute atomic E-state index is 12.8. The molecule has 0 radical (unpaired) electrons. The van der Waals surface area contributed by atoms with Crippen LogP contribution in [-0.4, -0.2) is 15.7 Å². The van der Waals surface area contributed by atoms with E-state index in [0.29, 0.717) is 34.6 Å². The number of para-hydroxylation sites is 1. The van der Waals surface area contributed by atoms with Crippen molar-refractivity contribution < 1.29 is 9.53 Å². The Kier molecular flexibility index (Phi) is 7.15. The zero-order chi connectivity index (χ0) is 22.5. The molecule has 0 spiro atoms. The predicted octanol–water partition coefficient (Wildman–Crippen LogP) is 6.83. The van der Waals surface area contributed by atoms with Crippen molar-refractivity contribution in [2.24, 2.45) is 0 Å². The Balaban J connectivity index is 1.43. The molecule has 0 bridgehead atoms. The first-order valence-electron chi connectivity index (χ1n) is 9.73. The van der Waals surface area contributed by atoms with Gasteiger partial charge in [0.05, 0.1) is 11.0 Å².